The fraction of sp³-hybridized carbons (Fsp3) is 0.370. The minimum atomic E-state index is -0.927. The van der Waals surface area contributed by atoms with Gasteiger partial charge in [0.25, 0.3) is 0 Å². The zero-order valence-electron chi connectivity index (χ0n) is 20.6. The lowest BCUT2D eigenvalue weighted by molar-refractivity contribution is -0.137. The molecule has 1 N–H and O–H groups in total. The number of aryl methyl sites for hydroxylation is 1. The number of halogens is 1. The Morgan fingerprint density at radius 1 is 1.14 bits per heavy atom. The fourth-order valence-corrected chi connectivity index (χ4v) is 3.84. The SMILES string of the molecule is CCC[C@@H](NC(=O)OC(C)(C)C)C(=O)Oc1cc2oc(=O)c(Cc3ccccc3)c(C)c2cc1Cl. The molecule has 8 heteroatoms. The molecule has 3 aromatic rings. The highest BCUT2D eigenvalue weighted by Crippen LogP contribution is 2.32. The van der Waals surface area contributed by atoms with Gasteiger partial charge in [0.05, 0.1) is 5.02 Å². The zero-order chi connectivity index (χ0) is 25.8. The van der Waals surface area contributed by atoms with Gasteiger partial charge in [0.2, 0.25) is 0 Å². The summed E-state index contributed by atoms with van der Waals surface area (Å²) in [4.78, 5) is 37.7. The summed E-state index contributed by atoms with van der Waals surface area (Å²) in [6, 6.07) is 11.7. The second-order valence-electron chi connectivity index (χ2n) is 9.34. The molecule has 3 rings (SSSR count). The number of benzene rings is 2. The largest absolute Gasteiger partial charge is 0.444 e. The number of carbonyl (C=O) groups is 2. The maximum Gasteiger partial charge on any atom is 0.408 e. The van der Waals surface area contributed by atoms with Gasteiger partial charge in [-0.15, -0.1) is 0 Å². The first-order valence-electron chi connectivity index (χ1n) is 11.5. The average molecular weight is 500 g/mol. The van der Waals surface area contributed by atoms with Gasteiger partial charge in [0.1, 0.15) is 17.2 Å². The van der Waals surface area contributed by atoms with Crippen molar-refractivity contribution in [2.24, 2.45) is 0 Å². The van der Waals surface area contributed by atoms with E-state index in [2.05, 4.69) is 5.32 Å². The number of hydrogen-bond donors (Lipinski definition) is 1. The van der Waals surface area contributed by atoms with E-state index in [1.54, 1.807) is 26.8 Å². The zero-order valence-corrected chi connectivity index (χ0v) is 21.3. The second kappa shape index (κ2) is 11.0. The summed E-state index contributed by atoms with van der Waals surface area (Å²) in [5.74, 6) is -0.659. The van der Waals surface area contributed by atoms with E-state index < -0.39 is 29.3 Å². The van der Waals surface area contributed by atoms with Gasteiger partial charge in [-0.25, -0.2) is 14.4 Å². The molecule has 0 aliphatic carbocycles. The number of nitrogens with one attached hydrogen (secondary N) is 1. The van der Waals surface area contributed by atoms with Gasteiger partial charge in [0, 0.05) is 23.4 Å². The van der Waals surface area contributed by atoms with Crippen LogP contribution in [-0.4, -0.2) is 23.7 Å². The quantitative estimate of drug-likeness (QED) is 0.245. The van der Waals surface area contributed by atoms with Crippen LogP contribution in [0.3, 0.4) is 0 Å². The Morgan fingerprint density at radius 2 is 1.83 bits per heavy atom. The normalized spacial score (nSPS) is 12.3. The van der Waals surface area contributed by atoms with Crippen LogP contribution >= 0.6 is 11.6 Å². The third-order valence-electron chi connectivity index (χ3n) is 5.33. The fourth-order valence-electron chi connectivity index (χ4n) is 3.64. The molecule has 0 aliphatic rings. The summed E-state index contributed by atoms with van der Waals surface area (Å²) in [7, 11) is 0. The summed E-state index contributed by atoms with van der Waals surface area (Å²) in [5, 5.41) is 3.38. The van der Waals surface area contributed by atoms with Crippen LogP contribution in [0.2, 0.25) is 5.02 Å². The Kier molecular flexibility index (Phi) is 8.22. The molecule has 0 bridgehead atoms. The van der Waals surface area contributed by atoms with Gasteiger partial charge in [-0.2, -0.15) is 0 Å². The highest BCUT2D eigenvalue weighted by molar-refractivity contribution is 6.33. The highest BCUT2D eigenvalue weighted by Gasteiger charge is 2.26. The topological polar surface area (TPSA) is 94.8 Å². The van der Waals surface area contributed by atoms with E-state index >= 15 is 0 Å². The molecule has 0 saturated heterocycles. The second-order valence-corrected chi connectivity index (χ2v) is 9.75. The molecular weight excluding hydrogens is 470 g/mol. The van der Waals surface area contributed by atoms with Gasteiger partial charge in [-0.1, -0.05) is 55.3 Å². The van der Waals surface area contributed by atoms with E-state index in [0.717, 1.165) is 11.1 Å². The van der Waals surface area contributed by atoms with Crippen LogP contribution in [-0.2, 0) is 16.0 Å². The molecule has 0 saturated carbocycles. The summed E-state index contributed by atoms with van der Waals surface area (Å²) in [5.41, 5.74) is 1.35. The summed E-state index contributed by atoms with van der Waals surface area (Å²) >= 11 is 6.44. The third kappa shape index (κ3) is 6.85. The van der Waals surface area contributed by atoms with Crippen molar-refractivity contribution in [3.63, 3.8) is 0 Å². The molecule has 0 spiro atoms. The monoisotopic (exact) mass is 499 g/mol. The lowest BCUT2D eigenvalue weighted by atomic mass is 9.99. The lowest BCUT2D eigenvalue weighted by Gasteiger charge is -2.22. The van der Waals surface area contributed by atoms with Crippen molar-refractivity contribution in [3.05, 3.63) is 74.6 Å². The number of fused-ring (bicyclic) bond motifs is 1. The Labute approximate surface area is 209 Å². The number of hydrogen-bond acceptors (Lipinski definition) is 6. The molecule has 35 heavy (non-hydrogen) atoms. The van der Waals surface area contributed by atoms with Crippen LogP contribution in [0.15, 0.2) is 51.7 Å². The number of esters is 1. The molecule has 0 fully saturated rings. The Hall–Kier alpha value is -3.32. The van der Waals surface area contributed by atoms with Crippen LogP contribution in [0.4, 0.5) is 4.79 Å². The average Bonchev–Trinajstić information content (AvgIpc) is 2.77. The molecule has 7 nitrogen and oxygen atoms in total. The molecule has 186 valence electrons. The number of ether oxygens (including phenoxy) is 2. The van der Waals surface area contributed by atoms with E-state index in [4.69, 9.17) is 25.5 Å². The summed E-state index contributed by atoms with van der Waals surface area (Å²) in [6.07, 6.45) is 0.679. The molecule has 0 radical (unpaired) electrons. The van der Waals surface area contributed by atoms with E-state index in [1.165, 1.54) is 6.07 Å². The van der Waals surface area contributed by atoms with Gasteiger partial charge in [-0.05, 0) is 51.3 Å². The van der Waals surface area contributed by atoms with E-state index in [9.17, 15) is 14.4 Å². The summed E-state index contributed by atoms with van der Waals surface area (Å²) in [6.45, 7) is 8.91. The van der Waals surface area contributed by atoms with E-state index in [1.807, 2.05) is 44.2 Å². The minimum Gasteiger partial charge on any atom is -0.444 e. The van der Waals surface area contributed by atoms with Crippen molar-refractivity contribution in [2.45, 2.75) is 65.5 Å². The number of carbonyl (C=O) groups excluding carboxylic acids is 2. The van der Waals surface area contributed by atoms with Crippen molar-refractivity contribution >= 4 is 34.6 Å². The first kappa shape index (κ1) is 26.3. The van der Waals surface area contributed by atoms with Crippen LogP contribution in [0.5, 0.6) is 5.75 Å². The Morgan fingerprint density at radius 3 is 2.46 bits per heavy atom. The maximum atomic E-state index is 12.8. The predicted octanol–water partition coefficient (Wildman–Crippen LogP) is 5.94. The maximum absolute atomic E-state index is 12.8. The van der Waals surface area contributed by atoms with Crippen molar-refractivity contribution in [3.8, 4) is 5.75 Å². The van der Waals surface area contributed by atoms with Crippen LogP contribution in [0.1, 0.15) is 57.2 Å². The lowest BCUT2D eigenvalue weighted by Crippen LogP contribution is -2.45. The molecule has 1 heterocycles. The number of rotatable bonds is 7. The summed E-state index contributed by atoms with van der Waals surface area (Å²) < 4.78 is 16.3. The van der Waals surface area contributed by atoms with Crippen molar-refractivity contribution < 1.29 is 23.5 Å². The highest BCUT2D eigenvalue weighted by atomic mass is 35.5. The van der Waals surface area contributed by atoms with Gasteiger partial charge in [-0.3, -0.25) is 0 Å². The molecular formula is C27H30ClNO6. The Bertz CT molecular complexity index is 1280. The van der Waals surface area contributed by atoms with Crippen LogP contribution in [0.25, 0.3) is 11.0 Å². The molecule has 0 unspecified atom stereocenters. The molecule has 1 atom stereocenters. The molecule has 2 aromatic carbocycles. The number of amides is 1. The van der Waals surface area contributed by atoms with E-state index in [0.29, 0.717) is 30.2 Å². The molecule has 0 aliphatic heterocycles. The van der Waals surface area contributed by atoms with Gasteiger partial charge < -0.3 is 19.2 Å². The Balaban J connectivity index is 1.86. The van der Waals surface area contributed by atoms with Crippen LogP contribution < -0.4 is 15.7 Å². The molecule has 1 amide bonds. The van der Waals surface area contributed by atoms with Crippen molar-refractivity contribution in [1.29, 1.82) is 0 Å². The third-order valence-corrected chi connectivity index (χ3v) is 5.62. The predicted molar refractivity (Wildman–Crippen MR) is 135 cm³/mol. The van der Waals surface area contributed by atoms with E-state index in [-0.39, 0.29) is 16.4 Å². The van der Waals surface area contributed by atoms with Gasteiger partial charge >= 0.3 is 17.7 Å². The van der Waals surface area contributed by atoms with Crippen LogP contribution in [0, 0.1) is 6.92 Å². The van der Waals surface area contributed by atoms with Crippen molar-refractivity contribution in [1.82, 2.24) is 5.32 Å². The minimum absolute atomic E-state index is 0.0367. The van der Waals surface area contributed by atoms with Gasteiger partial charge in [0.15, 0.2) is 5.75 Å². The standard InChI is InChI=1S/C27H30ClNO6/c1-6-10-21(29-26(32)35-27(3,4)5)25(31)34-23-15-22-18(14-20(23)28)16(2)19(24(30)33-22)13-17-11-8-7-9-12-17/h7-9,11-12,14-15,21H,6,10,13H2,1-5H3,(H,29,32)/t21-/m1/s1. The van der Waals surface area contributed by atoms with Crippen molar-refractivity contribution in [2.75, 3.05) is 0 Å². The first-order chi connectivity index (χ1) is 16.5. The molecule has 1 aromatic heterocycles. The first-order valence-corrected chi connectivity index (χ1v) is 11.9. The number of alkyl carbamates (subject to hydrolysis) is 1. The smallest absolute Gasteiger partial charge is 0.408 e.